The van der Waals surface area contributed by atoms with E-state index in [1.807, 2.05) is 0 Å². The van der Waals surface area contributed by atoms with Crippen molar-refractivity contribution < 1.29 is 38.1 Å². The first-order valence-corrected chi connectivity index (χ1v) is 7.63. The highest BCUT2D eigenvalue weighted by Crippen LogP contribution is 2.14. The monoisotopic (exact) mass is 361 g/mol. The number of rotatable bonds is 5. The zero-order chi connectivity index (χ0) is 20.0. The Balaban J connectivity index is 5.60. The maximum Gasteiger partial charge on any atom is 0.408 e. The van der Waals surface area contributed by atoms with E-state index in [9.17, 15) is 19.2 Å². The van der Waals surface area contributed by atoms with E-state index in [1.54, 1.807) is 41.5 Å². The van der Waals surface area contributed by atoms with Gasteiger partial charge in [0.05, 0.1) is 7.11 Å². The highest BCUT2D eigenvalue weighted by atomic mass is 16.6. The molecule has 9 nitrogen and oxygen atoms in total. The highest BCUT2D eigenvalue weighted by molar-refractivity contribution is 5.90. The van der Waals surface area contributed by atoms with Gasteiger partial charge in [-0.2, -0.15) is 0 Å². The number of amides is 1. The summed E-state index contributed by atoms with van der Waals surface area (Å²) in [6.45, 7) is 10.7. The molecule has 0 aromatic carbocycles. The van der Waals surface area contributed by atoms with Crippen LogP contribution in [0.4, 0.5) is 4.79 Å². The molecule has 0 bridgehead atoms. The van der Waals surface area contributed by atoms with Gasteiger partial charge in [-0.15, -0.1) is 0 Å². The maximum atomic E-state index is 12.4. The average Bonchev–Trinajstić information content (AvgIpc) is 2.37. The quantitative estimate of drug-likeness (QED) is 0.575. The lowest BCUT2D eigenvalue weighted by molar-refractivity contribution is -0.175. The molecule has 0 fully saturated rings. The lowest BCUT2D eigenvalue weighted by atomic mass is 10.1. The molecule has 0 aliphatic rings. The molecule has 0 aromatic rings. The third-order valence-corrected chi connectivity index (χ3v) is 2.36. The van der Waals surface area contributed by atoms with Crippen molar-refractivity contribution >= 4 is 24.0 Å². The van der Waals surface area contributed by atoms with Crippen LogP contribution in [0, 0.1) is 0 Å². The molecular formula is C16H27NO8. The van der Waals surface area contributed by atoms with Gasteiger partial charge in [-0.1, -0.05) is 0 Å². The maximum absolute atomic E-state index is 12.4. The third kappa shape index (κ3) is 9.53. The molecular weight excluding hydrogens is 334 g/mol. The Morgan fingerprint density at radius 1 is 0.840 bits per heavy atom. The molecule has 0 aliphatic heterocycles. The molecule has 1 amide bonds. The molecule has 0 aromatic heterocycles. The largest absolute Gasteiger partial charge is 0.466 e. The minimum absolute atomic E-state index is 0.838. The Morgan fingerprint density at radius 2 is 1.32 bits per heavy atom. The molecule has 0 rings (SSSR count). The summed E-state index contributed by atoms with van der Waals surface area (Å²) in [4.78, 5) is 47.6. The highest BCUT2D eigenvalue weighted by Gasteiger charge is 2.42. The van der Waals surface area contributed by atoms with Crippen LogP contribution in [0.25, 0.3) is 0 Å². The number of carbonyl (C=O) groups excluding carboxylic acids is 4. The van der Waals surface area contributed by atoms with Gasteiger partial charge in [-0.05, 0) is 41.5 Å². The first-order chi connectivity index (χ1) is 11.2. The molecule has 1 N–H and O–H groups in total. The van der Waals surface area contributed by atoms with Crippen molar-refractivity contribution in [2.45, 2.75) is 71.8 Å². The Bertz CT molecular complexity index is 515. The van der Waals surface area contributed by atoms with Crippen molar-refractivity contribution in [3.63, 3.8) is 0 Å². The molecule has 0 unspecified atom stereocenters. The lowest BCUT2D eigenvalue weighted by Gasteiger charge is -2.29. The number of nitrogens with one attached hydrogen (secondary N) is 1. The van der Waals surface area contributed by atoms with Crippen LogP contribution < -0.4 is 5.32 Å². The van der Waals surface area contributed by atoms with Crippen LogP contribution in [-0.2, 0) is 33.3 Å². The number of ether oxygens (including phenoxy) is 4. The van der Waals surface area contributed by atoms with E-state index in [1.165, 1.54) is 0 Å². The lowest BCUT2D eigenvalue weighted by Crippen LogP contribution is -2.56. The smallest absolute Gasteiger partial charge is 0.408 e. The first-order valence-electron chi connectivity index (χ1n) is 7.63. The second-order valence-electron chi connectivity index (χ2n) is 7.21. The zero-order valence-corrected chi connectivity index (χ0v) is 15.9. The van der Waals surface area contributed by atoms with E-state index >= 15 is 0 Å². The van der Waals surface area contributed by atoms with Crippen LogP contribution >= 0.6 is 0 Å². The van der Waals surface area contributed by atoms with E-state index in [-0.39, 0.29) is 0 Å². The van der Waals surface area contributed by atoms with E-state index in [0.29, 0.717) is 0 Å². The summed E-state index contributed by atoms with van der Waals surface area (Å²) in [6, 6.07) is -1.63. The van der Waals surface area contributed by atoms with E-state index in [2.05, 4.69) is 10.1 Å². The van der Waals surface area contributed by atoms with Crippen LogP contribution in [0.3, 0.4) is 0 Å². The number of esters is 3. The number of hydrogen-bond donors (Lipinski definition) is 1. The summed E-state index contributed by atoms with van der Waals surface area (Å²) in [7, 11) is 1.05. The van der Waals surface area contributed by atoms with Crippen molar-refractivity contribution in [3.8, 4) is 0 Å². The fourth-order valence-electron chi connectivity index (χ4n) is 1.61. The minimum atomic E-state index is -1.72. The third-order valence-electron chi connectivity index (χ3n) is 2.36. The van der Waals surface area contributed by atoms with Crippen molar-refractivity contribution in [2.24, 2.45) is 0 Å². The number of alkyl carbamates (subject to hydrolysis) is 1. The molecule has 0 radical (unpaired) electrons. The minimum Gasteiger partial charge on any atom is -0.466 e. The van der Waals surface area contributed by atoms with Gasteiger partial charge in [0.15, 0.2) is 6.04 Å². The molecule has 0 aliphatic carbocycles. The summed E-state index contributed by atoms with van der Waals surface area (Å²) in [5, 5.41) is 2.20. The van der Waals surface area contributed by atoms with Crippen LogP contribution in [0.5, 0.6) is 0 Å². The van der Waals surface area contributed by atoms with Gasteiger partial charge in [-0.3, -0.25) is 4.79 Å². The van der Waals surface area contributed by atoms with Gasteiger partial charge in [0.1, 0.15) is 11.2 Å². The molecule has 0 saturated heterocycles. The van der Waals surface area contributed by atoms with Gasteiger partial charge in [0.25, 0.3) is 0 Å². The van der Waals surface area contributed by atoms with Gasteiger partial charge in [-0.25, -0.2) is 14.4 Å². The SMILES string of the molecule is COC(=O)[C@@H](OC(C)=O)[C@H](NC(=O)OC(C)(C)C)C(=O)OC(C)(C)C. The van der Waals surface area contributed by atoms with Crippen LogP contribution in [-0.4, -0.2) is 54.5 Å². The van der Waals surface area contributed by atoms with E-state index < -0.39 is 47.3 Å². The van der Waals surface area contributed by atoms with Gasteiger partial charge < -0.3 is 24.3 Å². The van der Waals surface area contributed by atoms with Crippen LogP contribution in [0.2, 0.25) is 0 Å². The molecule has 2 atom stereocenters. The summed E-state index contributed by atoms with van der Waals surface area (Å²) in [5.41, 5.74) is -1.74. The average molecular weight is 361 g/mol. The molecule has 0 heterocycles. The fraction of sp³-hybridized carbons (Fsp3) is 0.750. The Labute approximate surface area is 147 Å². The molecule has 0 saturated carbocycles. The summed E-state index contributed by atoms with van der Waals surface area (Å²) in [5.74, 6) is -2.84. The van der Waals surface area contributed by atoms with Gasteiger partial charge in [0.2, 0.25) is 6.10 Å². The summed E-state index contributed by atoms with van der Waals surface area (Å²) >= 11 is 0. The second kappa shape index (κ2) is 8.68. The summed E-state index contributed by atoms with van der Waals surface area (Å²) in [6.07, 6.45) is -2.70. The van der Waals surface area contributed by atoms with Crippen molar-refractivity contribution in [2.75, 3.05) is 7.11 Å². The number of hydrogen-bond acceptors (Lipinski definition) is 8. The predicted molar refractivity (Wildman–Crippen MR) is 86.6 cm³/mol. The van der Waals surface area contributed by atoms with Gasteiger partial charge in [0, 0.05) is 6.92 Å². The van der Waals surface area contributed by atoms with Crippen LogP contribution in [0.1, 0.15) is 48.5 Å². The molecule has 25 heavy (non-hydrogen) atoms. The van der Waals surface area contributed by atoms with Gasteiger partial charge >= 0.3 is 24.0 Å². The second-order valence-corrected chi connectivity index (χ2v) is 7.21. The standard InChI is InChI=1S/C16H27NO8/c1-9(18)23-11(13(20)22-8)10(12(19)24-15(2,3)4)17-14(21)25-16(5,6)7/h10-11H,1-8H3,(H,17,21)/t10-,11-/m0/s1. The predicted octanol–water partition coefficient (Wildman–Crippen LogP) is 1.33. The molecule has 144 valence electrons. The van der Waals surface area contributed by atoms with Crippen molar-refractivity contribution in [3.05, 3.63) is 0 Å². The number of methoxy groups -OCH3 is 1. The van der Waals surface area contributed by atoms with Crippen molar-refractivity contribution in [1.29, 1.82) is 0 Å². The van der Waals surface area contributed by atoms with E-state index in [4.69, 9.17) is 14.2 Å². The zero-order valence-electron chi connectivity index (χ0n) is 15.9. The Kier molecular flexibility index (Phi) is 7.88. The molecule has 9 heteroatoms. The fourth-order valence-corrected chi connectivity index (χ4v) is 1.61. The topological polar surface area (TPSA) is 117 Å². The Hall–Kier alpha value is -2.32. The van der Waals surface area contributed by atoms with Crippen LogP contribution in [0.15, 0.2) is 0 Å². The summed E-state index contributed by atoms with van der Waals surface area (Å²) < 4.78 is 19.6. The first kappa shape index (κ1) is 22.7. The molecule has 0 spiro atoms. The normalized spacial score (nSPS) is 13.9. The van der Waals surface area contributed by atoms with Crippen molar-refractivity contribution in [1.82, 2.24) is 5.32 Å². The Morgan fingerprint density at radius 3 is 1.68 bits per heavy atom. The van der Waals surface area contributed by atoms with E-state index in [0.717, 1.165) is 14.0 Å². The number of carbonyl (C=O) groups is 4.